The van der Waals surface area contributed by atoms with Gasteiger partial charge in [0.1, 0.15) is 17.3 Å². The van der Waals surface area contributed by atoms with E-state index in [1.807, 2.05) is 60.7 Å². The predicted molar refractivity (Wildman–Crippen MR) is 131 cm³/mol. The summed E-state index contributed by atoms with van der Waals surface area (Å²) in [7, 11) is 0. The lowest BCUT2D eigenvalue weighted by atomic mass is 9.87. The molecule has 0 aliphatic carbocycles. The fourth-order valence-corrected chi connectivity index (χ4v) is 3.92. The van der Waals surface area contributed by atoms with Gasteiger partial charge < -0.3 is 14.6 Å². The van der Waals surface area contributed by atoms with Crippen molar-refractivity contribution in [2.45, 2.75) is 19.8 Å². The summed E-state index contributed by atoms with van der Waals surface area (Å²) in [6.07, 6.45) is 0. The van der Waals surface area contributed by atoms with E-state index in [0.29, 0.717) is 28.7 Å². The number of anilines is 1. The number of carbonyl (C=O) groups excluding carboxylic acids is 2. The number of nitrogens with one attached hydrogen (secondary N) is 2. The molecule has 8 heteroatoms. The van der Waals surface area contributed by atoms with E-state index in [-0.39, 0.29) is 17.5 Å². The fraction of sp³-hybridized carbons (Fsp3) is 0.111. The van der Waals surface area contributed by atoms with Gasteiger partial charge in [-0.05, 0) is 43.7 Å². The molecule has 0 spiro atoms. The number of hydrogen-bond acceptors (Lipinski definition) is 6. The van der Waals surface area contributed by atoms with Gasteiger partial charge >= 0.3 is 0 Å². The Hall–Kier alpha value is -4.72. The molecule has 0 saturated carbocycles. The number of para-hydroxylation sites is 2. The van der Waals surface area contributed by atoms with Crippen LogP contribution in [0.25, 0.3) is 0 Å². The van der Waals surface area contributed by atoms with Crippen molar-refractivity contribution in [2.75, 3.05) is 5.32 Å². The second-order valence-corrected chi connectivity index (χ2v) is 8.14. The zero-order valence-electron chi connectivity index (χ0n) is 19.1. The first kappa shape index (κ1) is 22.1. The van der Waals surface area contributed by atoms with Gasteiger partial charge in [0.25, 0.3) is 11.8 Å². The lowest BCUT2D eigenvalue weighted by molar-refractivity contribution is -0.121. The first-order chi connectivity index (χ1) is 17.0. The summed E-state index contributed by atoms with van der Waals surface area (Å²) in [5.74, 6) is 0.733. The summed E-state index contributed by atoms with van der Waals surface area (Å²) >= 11 is 0. The number of hydrogen-bond donors (Lipinski definition) is 2. The van der Waals surface area contributed by atoms with Gasteiger partial charge in [-0.3, -0.25) is 9.59 Å². The number of ether oxygens (including phenoxy) is 1. The number of amides is 2. The molecule has 2 N–H and O–H groups in total. The third kappa shape index (κ3) is 4.54. The summed E-state index contributed by atoms with van der Waals surface area (Å²) in [5.41, 5.74) is 6.53. The largest absolute Gasteiger partial charge is 0.457 e. The molecule has 3 aromatic carbocycles. The van der Waals surface area contributed by atoms with E-state index in [2.05, 4.69) is 21.0 Å². The standard InChI is InChI=1S/C27H22N4O4/c1-16-15-22(31-35-16)26(32)28-19-13-11-18(12-14-19)17(2)29-30-27(33)25-20-7-3-5-9-23(20)34-24-10-6-4-8-21(24)25/h3-15,25H,1-2H3,(H,28,32)(H,30,33)/b29-17+. The topological polar surface area (TPSA) is 106 Å². The molecule has 0 atom stereocenters. The maximum Gasteiger partial charge on any atom is 0.277 e. The molecule has 174 valence electrons. The van der Waals surface area contributed by atoms with Crippen molar-refractivity contribution >= 4 is 23.2 Å². The lowest BCUT2D eigenvalue weighted by Gasteiger charge is -2.26. The first-order valence-electron chi connectivity index (χ1n) is 11.0. The maximum atomic E-state index is 13.2. The molecule has 2 heterocycles. The fourth-order valence-electron chi connectivity index (χ4n) is 3.92. The summed E-state index contributed by atoms with van der Waals surface area (Å²) in [6, 6.07) is 23.7. The van der Waals surface area contributed by atoms with Gasteiger partial charge in [-0.1, -0.05) is 53.7 Å². The third-order valence-electron chi connectivity index (χ3n) is 5.70. The summed E-state index contributed by atoms with van der Waals surface area (Å²) in [6.45, 7) is 3.52. The Morgan fingerprint density at radius 3 is 2.14 bits per heavy atom. The highest BCUT2D eigenvalue weighted by molar-refractivity contribution is 6.04. The third-order valence-corrected chi connectivity index (χ3v) is 5.70. The van der Waals surface area contributed by atoms with E-state index in [9.17, 15) is 9.59 Å². The minimum absolute atomic E-state index is 0.211. The average molecular weight is 466 g/mol. The highest BCUT2D eigenvalue weighted by atomic mass is 16.5. The molecule has 0 radical (unpaired) electrons. The predicted octanol–water partition coefficient (Wildman–Crippen LogP) is 5.01. The van der Waals surface area contributed by atoms with Crippen molar-refractivity contribution in [3.05, 3.63) is 107 Å². The van der Waals surface area contributed by atoms with Crippen LogP contribution in [-0.4, -0.2) is 22.7 Å². The summed E-state index contributed by atoms with van der Waals surface area (Å²) < 4.78 is 10.9. The minimum atomic E-state index is -0.537. The molecule has 0 fully saturated rings. The van der Waals surface area contributed by atoms with Gasteiger partial charge in [0, 0.05) is 22.9 Å². The zero-order valence-corrected chi connectivity index (χ0v) is 19.1. The van der Waals surface area contributed by atoms with Crippen LogP contribution in [-0.2, 0) is 4.79 Å². The number of fused-ring (bicyclic) bond motifs is 2. The molecule has 35 heavy (non-hydrogen) atoms. The molecular weight excluding hydrogens is 444 g/mol. The van der Waals surface area contributed by atoms with Crippen LogP contribution >= 0.6 is 0 Å². The van der Waals surface area contributed by atoms with E-state index in [1.54, 1.807) is 32.0 Å². The highest BCUT2D eigenvalue weighted by Gasteiger charge is 2.32. The zero-order chi connectivity index (χ0) is 24.4. The minimum Gasteiger partial charge on any atom is -0.457 e. The molecule has 1 aliphatic heterocycles. The molecular formula is C27H22N4O4. The molecule has 0 unspecified atom stereocenters. The van der Waals surface area contributed by atoms with E-state index >= 15 is 0 Å². The highest BCUT2D eigenvalue weighted by Crippen LogP contribution is 2.43. The van der Waals surface area contributed by atoms with Crippen molar-refractivity contribution < 1.29 is 18.8 Å². The van der Waals surface area contributed by atoms with Gasteiger partial charge in [-0.25, -0.2) is 5.43 Å². The molecule has 0 saturated heterocycles. The molecule has 0 bridgehead atoms. The first-order valence-corrected chi connectivity index (χ1v) is 11.0. The number of hydrazone groups is 1. The Morgan fingerprint density at radius 1 is 0.914 bits per heavy atom. The molecule has 4 aromatic rings. The van der Waals surface area contributed by atoms with Gasteiger partial charge in [-0.2, -0.15) is 5.10 Å². The van der Waals surface area contributed by atoms with Crippen LogP contribution < -0.4 is 15.5 Å². The van der Waals surface area contributed by atoms with Crippen LogP contribution in [0.15, 0.2) is 88.5 Å². The molecule has 8 nitrogen and oxygen atoms in total. The summed E-state index contributed by atoms with van der Waals surface area (Å²) in [4.78, 5) is 25.5. The van der Waals surface area contributed by atoms with Crippen LogP contribution in [0.4, 0.5) is 5.69 Å². The van der Waals surface area contributed by atoms with E-state index in [1.165, 1.54) is 0 Å². The Kier molecular flexibility index (Phi) is 5.85. The van der Waals surface area contributed by atoms with Gasteiger partial charge in [0.05, 0.1) is 11.6 Å². The van der Waals surface area contributed by atoms with Crippen LogP contribution in [0.1, 0.15) is 45.8 Å². The van der Waals surface area contributed by atoms with Crippen LogP contribution in [0.5, 0.6) is 11.5 Å². The van der Waals surface area contributed by atoms with Crippen molar-refractivity contribution in [1.82, 2.24) is 10.6 Å². The molecule has 2 amide bonds. The van der Waals surface area contributed by atoms with Crippen molar-refractivity contribution in [2.24, 2.45) is 5.10 Å². The number of nitrogens with zero attached hydrogens (tertiary/aromatic N) is 2. The normalized spacial score (nSPS) is 12.8. The van der Waals surface area contributed by atoms with E-state index < -0.39 is 5.92 Å². The Bertz CT molecular complexity index is 1390. The van der Waals surface area contributed by atoms with Gasteiger partial charge in [0.15, 0.2) is 5.69 Å². The SMILES string of the molecule is C/C(=N\NC(=O)C1c2ccccc2Oc2ccccc21)c1ccc(NC(=O)c2cc(C)on2)cc1. The van der Waals surface area contributed by atoms with Crippen molar-refractivity contribution in [3.63, 3.8) is 0 Å². The van der Waals surface area contributed by atoms with Crippen LogP contribution in [0.3, 0.4) is 0 Å². The maximum absolute atomic E-state index is 13.2. The number of aryl methyl sites for hydroxylation is 1. The smallest absolute Gasteiger partial charge is 0.277 e. The van der Waals surface area contributed by atoms with Gasteiger partial charge in [0.2, 0.25) is 0 Å². The molecule has 1 aromatic heterocycles. The number of rotatable bonds is 5. The van der Waals surface area contributed by atoms with E-state index in [4.69, 9.17) is 9.26 Å². The number of carbonyl (C=O) groups is 2. The van der Waals surface area contributed by atoms with Crippen molar-refractivity contribution in [3.8, 4) is 11.5 Å². The Balaban J connectivity index is 1.30. The van der Waals surface area contributed by atoms with Gasteiger partial charge in [-0.15, -0.1) is 0 Å². The Labute approximate surface area is 201 Å². The monoisotopic (exact) mass is 466 g/mol. The lowest BCUT2D eigenvalue weighted by Crippen LogP contribution is -2.29. The second-order valence-electron chi connectivity index (χ2n) is 8.14. The van der Waals surface area contributed by atoms with Crippen LogP contribution in [0, 0.1) is 6.92 Å². The molecule has 1 aliphatic rings. The molecule has 5 rings (SSSR count). The average Bonchev–Trinajstić information content (AvgIpc) is 3.32. The quantitative estimate of drug-likeness (QED) is 0.318. The van der Waals surface area contributed by atoms with E-state index in [0.717, 1.165) is 16.7 Å². The Morgan fingerprint density at radius 2 is 1.54 bits per heavy atom. The van der Waals surface area contributed by atoms with Crippen LogP contribution in [0.2, 0.25) is 0 Å². The summed E-state index contributed by atoms with van der Waals surface area (Å²) in [5, 5.41) is 10.8. The second kappa shape index (κ2) is 9.26. The van der Waals surface area contributed by atoms with Crippen molar-refractivity contribution in [1.29, 1.82) is 0 Å². The number of benzene rings is 3. The number of aromatic nitrogens is 1.